The van der Waals surface area contributed by atoms with E-state index in [2.05, 4.69) is 10.4 Å². The topological polar surface area (TPSA) is 70.4 Å². The quantitative estimate of drug-likeness (QED) is 0.889. The third kappa shape index (κ3) is 3.12. The van der Waals surface area contributed by atoms with Crippen molar-refractivity contribution in [2.24, 2.45) is 0 Å². The molecule has 6 nitrogen and oxygen atoms in total. The molecule has 0 atom stereocenters. The van der Waals surface area contributed by atoms with Gasteiger partial charge in [-0.3, -0.25) is 0 Å². The van der Waals surface area contributed by atoms with Crippen LogP contribution in [0.25, 0.3) is 5.69 Å². The molecule has 2 amide bonds. The monoisotopic (exact) mass is 278 g/mol. The number of aliphatic hydroxyl groups excluding tert-OH is 1. The highest BCUT2D eigenvalue weighted by molar-refractivity contribution is 5.91. The summed E-state index contributed by atoms with van der Waals surface area (Å²) in [7, 11) is 1.54. The number of nitrogens with one attached hydrogen (secondary N) is 1. The molecule has 1 aromatic heterocycles. The maximum atomic E-state index is 13.4. The molecule has 0 saturated carbocycles. The maximum Gasteiger partial charge on any atom is 0.321 e. The summed E-state index contributed by atoms with van der Waals surface area (Å²) in [5.41, 5.74) is 0.866. The van der Waals surface area contributed by atoms with E-state index in [4.69, 9.17) is 5.11 Å². The molecule has 1 aromatic carbocycles. The Labute approximate surface area is 115 Å². The standard InChI is InChI=1S/C13H15FN4O2/c1-17(7-8-19)13(20)16-11-9-10(14)3-4-12(11)18-6-2-5-15-18/h2-6,9,19H,7-8H2,1H3,(H,16,20). The highest BCUT2D eigenvalue weighted by Crippen LogP contribution is 2.21. The van der Waals surface area contributed by atoms with Crippen molar-refractivity contribution in [3.63, 3.8) is 0 Å². The summed E-state index contributed by atoms with van der Waals surface area (Å²) in [5.74, 6) is -0.457. The summed E-state index contributed by atoms with van der Waals surface area (Å²) in [4.78, 5) is 13.2. The predicted molar refractivity (Wildman–Crippen MR) is 72.3 cm³/mol. The van der Waals surface area contributed by atoms with Gasteiger partial charge in [0.1, 0.15) is 5.82 Å². The number of nitrogens with zero attached hydrogens (tertiary/aromatic N) is 3. The van der Waals surface area contributed by atoms with E-state index >= 15 is 0 Å². The number of anilines is 1. The number of aromatic nitrogens is 2. The second kappa shape index (κ2) is 6.16. The first-order chi connectivity index (χ1) is 9.61. The minimum Gasteiger partial charge on any atom is -0.395 e. The van der Waals surface area contributed by atoms with E-state index in [1.807, 2.05) is 0 Å². The van der Waals surface area contributed by atoms with E-state index in [0.717, 1.165) is 0 Å². The van der Waals surface area contributed by atoms with Gasteiger partial charge in [-0.25, -0.2) is 13.9 Å². The predicted octanol–water partition coefficient (Wildman–Crippen LogP) is 1.47. The fourth-order valence-corrected chi connectivity index (χ4v) is 1.68. The summed E-state index contributed by atoms with van der Waals surface area (Å²) in [6, 6.07) is 5.35. The normalized spacial score (nSPS) is 10.3. The molecule has 7 heteroatoms. The third-order valence-corrected chi connectivity index (χ3v) is 2.73. The number of benzene rings is 1. The first-order valence-corrected chi connectivity index (χ1v) is 6.04. The van der Waals surface area contributed by atoms with Crippen LogP contribution in [0.15, 0.2) is 36.7 Å². The van der Waals surface area contributed by atoms with E-state index in [9.17, 15) is 9.18 Å². The van der Waals surface area contributed by atoms with Gasteiger partial charge in [-0.2, -0.15) is 5.10 Å². The molecule has 0 unspecified atom stereocenters. The minimum atomic E-state index is -0.457. The number of halogens is 1. The van der Waals surface area contributed by atoms with Crippen LogP contribution in [0.4, 0.5) is 14.9 Å². The van der Waals surface area contributed by atoms with Crippen LogP contribution in [0, 0.1) is 5.82 Å². The summed E-state index contributed by atoms with van der Waals surface area (Å²) in [6.45, 7) is 0.0529. The maximum absolute atomic E-state index is 13.4. The molecule has 2 N–H and O–H groups in total. The van der Waals surface area contributed by atoms with Crippen molar-refractivity contribution in [3.8, 4) is 5.69 Å². The molecule has 0 saturated heterocycles. The average Bonchev–Trinajstić information content (AvgIpc) is 2.93. The molecular formula is C13H15FN4O2. The molecule has 1 heterocycles. The Hall–Kier alpha value is -2.41. The van der Waals surface area contributed by atoms with Gasteiger partial charge in [-0.1, -0.05) is 0 Å². The Kier molecular flexibility index (Phi) is 4.31. The molecule has 2 aromatic rings. The number of hydrogen-bond acceptors (Lipinski definition) is 3. The second-order valence-corrected chi connectivity index (χ2v) is 4.19. The summed E-state index contributed by atoms with van der Waals surface area (Å²) < 4.78 is 14.9. The zero-order valence-corrected chi connectivity index (χ0v) is 11.0. The molecule has 106 valence electrons. The smallest absolute Gasteiger partial charge is 0.321 e. The van der Waals surface area contributed by atoms with Crippen molar-refractivity contribution in [3.05, 3.63) is 42.5 Å². The number of carbonyl (C=O) groups is 1. The fourth-order valence-electron chi connectivity index (χ4n) is 1.68. The van der Waals surface area contributed by atoms with E-state index in [1.54, 1.807) is 25.5 Å². The number of carbonyl (C=O) groups excluding carboxylic acids is 1. The van der Waals surface area contributed by atoms with Gasteiger partial charge in [0.25, 0.3) is 0 Å². The largest absolute Gasteiger partial charge is 0.395 e. The SMILES string of the molecule is CN(CCO)C(=O)Nc1cc(F)ccc1-n1cccn1. The molecule has 20 heavy (non-hydrogen) atoms. The van der Waals surface area contributed by atoms with E-state index in [-0.39, 0.29) is 13.2 Å². The number of rotatable bonds is 4. The van der Waals surface area contributed by atoms with Crippen LogP contribution < -0.4 is 5.32 Å². The van der Waals surface area contributed by atoms with Crippen molar-refractivity contribution in [1.82, 2.24) is 14.7 Å². The van der Waals surface area contributed by atoms with E-state index in [0.29, 0.717) is 11.4 Å². The molecule has 0 aliphatic heterocycles. The zero-order valence-electron chi connectivity index (χ0n) is 11.0. The minimum absolute atomic E-state index is 0.140. The van der Waals surface area contributed by atoms with Crippen molar-refractivity contribution in [2.45, 2.75) is 0 Å². The zero-order chi connectivity index (χ0) is 14.5. The average molecular weight is 278 g/mol. The van der Waals surface area contributed by atoms with Crippen LogP contribution in [0.5, 0.6) is 0 Å². The van der Waals surface area contributed by atoms with Crippen molar-refractivity contribution >= 4 is 11.7 Å². The molecule has 2 rings (SSSR count). The van der Waals surface area contributed by atoms with Crippen molar-refractivity contribution in [1.29, 1.82) is 0 Å². The van der Waals surface area contributed by atoms with Crippen LogP contribution in [0.1, 0.15) is 0 Å². The summed E-state index contributed by atoms with van der Waals surface area (Å²) in [5, 5.41) is 15.5. The number of aliphatic hydroxyl groups is 1. The van der Waals surface area contributed by atoms with Gasteiger partial charge in [0, 0.05) is 26.0 Å². The molecule has 0 bridgehead atoms. The van der Waals surface area contributed by atoms with Crippen LogP contribution >= 0.6 is 0 Å². The lowest BCUT2D eigenvalue weighted by atomic mass is 10.2. The summed E-state index contributed by atoms with van der Waals surface area (Å²) in [6.07, 6.45) is 3.28. The first-order valence-electron chi connectivity index (χ1n) is 6.04. The Balaban J connectivity index is 2.26. The molecule has 0 aliphatic rings. The lowest BCUT2D eigenvalue weighted by Gasteiger charge is -2.18. The van der Waals surface area contributed by atoms with Gasteiger partial charge in [0.15, 0.2) is 0 Å². The number of urea groups is 1. The number of likely N-dealkylation sites (N-methyl/N-ethyl adjacent to an activating group) is 1. The van der Waals surface area contributed by atoms with E-state index in [1.165, 1.54) is 27.8 Å². The third-order valence-electron chi connectivity index (χ3n) is 2.73. The lowest BCUT2D eigenvalue weighted by molar-refractivity contribution is 0.202. The second-order valence-electron chi connectivity index (χ2n) is 4.19. The van der Waals surface area contributed by atoms with Crippen LogP contribution in [-0.2, 0) is 0 Å². The number of amides is 2. The van der Waals surface area contributed by atoms with Crippen LogP contribution in [0.2, 0.25) is 0 Å². The van der Waals surface area contributed by atoms with Gasteiger partial charge in [-0.05, 0) is 24.3 Å². The van der Waals surface area contributed by atoms with Gasteiger partial charge in [-0.15, -0.1) is 0 Å². The van der Waals surface area contributed by atoms with Crippen molar-refractivity contribution in [2.75, 3.05) is 25.5 Å². The number of hydrogen-bond donors (Lipinski definition) is 2. The van der Waals surface area contributed by atoms with Crippen LogP contribution in [0.3, 0.4) is 0 Å². The molecule has 0 radical (unpaired) electrons. The Morgan fingerprint density at radius 3 is 3.00 bits per heavy atom. The Morgan fingerprint density at radius 1 is 1.55 bits per heavy atom. The highest BCUT2D eigenvalue weighted by Gasteiger charge is 2.13. The Morgan fingerprint density at radius 2 is 2.35 bits per heavy atom. The van der Waals surface area contributed by atoms with Crippen molar-refractivity contribution < 1.29 is 14.3 Å². The Bertz CT molecular complexity index is 586. The van der Waals surface area contributed by atoms with Gasteiger partial charge in [0.2, 0.25) is 0 Å². The molecular weight excluding hydrogens is 263 g/mol. The lowest BCUT2D eigenvalue weighted by Crippen LogP contribution is -2.33. The van der Waals surface area contributed by atoms with Gasteiger partial charge >= 0.3 is 6.03 Å². The fraction of sp³-hybridized carbons (Fsp3) is 0.231. The van der Waals surface area contributed by atoms with Gasteiger partial charge in [0.05, 0.1) is 18.0 Å². The van der Waals surface area contributed by atoms with Crippen LogP contribution in [-0.4, -0.2) is 46.0 Å². The molecule has 0 aliphatic carbocycles. The van der Waals surface area contributed by atoms with Gasteiger partial charge < -0.3 is 15.3 Å². The van der Waals surface area contributed by atoms with E-state index < -0.39 is 11.8 Å². The first kappa shape index (κ1) is 14.0. The summed E-state index contributed by atoms with van der Waals surface area (Å²) >= 11 is 0. The molecule has 0 fully saturated rings. The molecule has 0 spiro atoms. The highest BCUT2D eigenvalue weighted by atomic mass is 19.1.